The highest BCUT2D eigenvalue weighted by atomic mass is 79.9. The molecule has 56 valence electrons. The van der Waals surface area contributed by atoms with Crippen molar-refractivity contribution in [2.75, 3.05) is 0 Å². The van der Waals surface area contributed by atoms with E-state index in [1.165, 1.54) is 16.0 Å². The van der Waals surface area contributed by atoms with Gasteiger partial charge in [-0.2, -0.15) is 0 Å². The molecular formula is C9H6Br2. The first-order valence-corrected chi connectivity index (χ1v) is 5.21. The Morgan fingerprint density at radius 2 is 1.82 bits per heavy atom. The topological polar surface area (TPSA) is 0 Å². The van der Waals surface area contributed by atoms with Gasteiger partial charge in [-0.3, -0.25) is 0 Å². The Morgan fingerprint density at radius 1 is 1.09 bits per heavy atom. The van der Waals surface area contributed by atoms with Crippen molar-refractivity contribution in [3.63, 3.8) is 0 Å². The molecule has 11 heavy (non-hydrogen) atoms. The molecule has 0 heterocycles. The standard InChI is InChI=1S/C9H6Br2/c10-9(11)8-5-6-3-1-2-4-7(6)8/h1-5,9H. The van der Waals surface area contributed by atoms with Gasteiger partial charge in [-0.25, -0.2) is 0 Å². The maximum absolute atomic E-state index is 3.47. The summed E-state index contributed by atoms with van der Waals surface area (Å²) in [5, 5.41) is 2.69. The second-order valence-corrected chi connectivity index (χ2v) is 5.55. The van der Waals surface area contributed by atoms with Gasteiger partial charge in [0.1, 0.15) is 0 Å². The van der Waals surface area contributed by atoms with Crippen molar-refractivity contribution in [1.29, 1.82) is 0 Å². The van der Waals surface area contributed by atoms with E-state index >= 15 is 0 Å². The van der Waals surface area contributed by atoms with Gasteiger partial charge in [0, 0.05) is 0 Å². The van der Waals surface area contributed by atoms with Crippen LogP contribution in [0.4, 0.5) is 0 Å². The maximum atomic E-state index is 3.47. The Kier molecular flexibility index (Phi) is 1.90. The fraction of sp³-hybridized carbons (Fsp3) is 0.111. The molecule has 0 saturated carbocycles. The van der Waals surface area contributed by atoms with Gasteiger partial charge in [0.15, 0.2) is 0 Å². The smallest absolute Gasteiger partial charge is 0.0712 e. The number of hydrogen-bond acceptors (Lipinski definition) is 0. The molecule has 0 aromatic heterocycles. The molecule has 0 saturated heterocycles. The molecule has 2 heteroatoms. The van der Waals surface area contributed by atoms with E-state index in [2.05, 4.69) is 62.2 Å². The van der Waals surface area contributed by atoms with Crippen molar-refractivity contribution in [3.8, 4) is 0 Å². The molecular weight excluding hydrogens is 268 g/mol. The lowest BCUT2D eigenvalue weighted by atomic mass is 10.0. The van der Waals surface area contributed by atoms with Gasteiger partial charge < -0.3 is 0 Å². The summed E-state index contributed by atoms with van der Waals surface area (Å²) in [7, 11) is 0. The van der Waals surface area contributed by atoms with Crippen molar-refractivity contribution in [1.82, 2.24) is 0 Å². The fourth-order valence-electron chi connectivity index (χ4n) is 1.23. The molecule has 0 atom stereocenters. The normalized spacial score (nSPS) is 13.9. The van der Waals surface area contributed by atoms with E-state index in [9.17, 15) is 0 Å². The molecule has 0 aliphatic heterocycles. The lowest BCUT2D eigenvalue weighted by molar-refractivity contribution is 1.43. The van der Waals surface area contributed by atoms with Crippen LogP contribution >= 0.6 is 31.9 Å². The first kappa shape index (κ1) is 7.56. The largest absolute Gasteiger partial charge is 0.0952 e. The van der Waals surface area contributed by atoms with E-state index in [1.54, 1.807) is 0 Å². The minimum Gasteiger partial charge on any atom is -0.0712 e. The third-order valence-corrected chi connectivity index (χ3v) is 2.80. The summed E-state index contributed by atoms with van der Waals surface area (Å²) in [6.07, 6.45) is 2.18. The minimum atomic E-state index is 0.296. The van der Waals surface area contributed by atoms with E-state index in [-0.39, 0.29) is 0 Å². The van der Waals surface area contributed by atoms with Gasteiger partial charge in [-0.15, -0.1) is 0 Å². The SMILES string of the molecule is BrC(Br)C1=c2ccccc2=C1. The van der Waals surface area contributed by atoms with E-state index in [1.807, 2.05) is 0 Å². The number of benzene rings is 1. The summed E-state index contributed by atoms with van der Waals surface area (Å²) in [6, 6.07) is 8.39. The van der Waals surface area contributed by atoms with Crippen molar-refractivity contribution in [2.24, 2.45) is 0 Å². The third-order valence-electron chi connectivity index (χ3n) is 1.82. The highest BCUT2D eigenvalue weighted by molar-refractivity contribution is 9.25. The average molecular weight is 274 g/mol. The Labute approximate surface area is 81.9 Å². The van der Waals surface area contributed by atoms with Crippen LogP contribution < -0.4 is 10.4 Å². The molecule has 1 aliphatic carbocycles. The van der Waals surface area contributed by atoms with E-state index in [0.717, 1.165) is 0 Å². The molecule has 1 aromatic rings. The van der Waals surface area contributed by atoms with Crippen LogP contribution in [0.25, 0.3) is 11.6 Å². The third kappa shape index (κ3) is 1.18. The number of alkyl halides is 2. The van der Waals surface area contributed by atoms with Crippen LogP contribution in [-0.4, -0.2) is 3.74 Å². The molecule has 1 aliphatic rings. The molecule has 2 rings (SSSR count). The van der Waals surface area contributed by atoms with Crippen molar-refractivity contribution >= 4 is 43.5 Å². The Morgan fingerprint density at radius 3 is 2.45 bits per heavy atom. The molecule has 1 aromatic carbocycles. The summed E-state index contributed by atoms with van der Waals surface area (Å²) < 4.78 is 0.296. The zero-order valence-corrected chi connectivity index (χ0v) is 8.89. The van der Waals surface area contributed by atoms with Gasteiger partial charge in [-0.1, -0.05) is 56.1 Å². The van der Waals surface area contributed by atoms with Gasteiger partial charge in [0.2, 0.25) is 0 Å². The van der Waals surface area contributed by atoms with E-state index in [0.29, 0.717) is 3.74 Å². The quantitative estimate of drug-likeness (QED) is 0.684. The zero-order valence-electron chi connectivity index (χ0n) is 5.72. The summed E-state index contributed by atoms with van der Waals surface area (Å²) in [5.41, 5.74) is 1.33. The second-order valence-electron chi connectivity index (χ2n) is 2.49. The van der Waals surface area contributed by atoms with Crippen LogP contribution in [0.3, 0.4) is 0 Å². The molecule has 0 nitrogen and oxygen atoms in total. The van der Waals surface area contributed by atoms with E-state index < -0.39 is 0 Å². The summed E-state index contributed by atoms with van der Waals surface area (Å²) in [6.45, 7) is 0. The van der Waals surface area contributed by atoms with Gasteiger partial charge in [0.25, 0.3) is 0 Å². The predicted octanol–water partition coefficient (Wildman–Crippen LogP) is 1.75. The predicted molar refractivity (Wildman–Crippen MR) is 55.2 cm³/mol. The highest BCUT2D eigenvalue weighted by Crippen LogP contribution is 2.21. The van der Waals surface area contributed by atoms with Crippen LogP contribution in [0.2, 0.25) is 0 Å². The lowest BCUT2D eigenvalue weighted by Crippen LogP contribution is -2.35. The van der Waals surface area contributed by atoms with Crippen molar-refractivity contribution in [2.45, 2.75) is 3.74 Å². The van der Waals surface area contributed by atoms with Crippen LogP contribution in [0.5, 0.6) is 0 Å². The van der Waals surface area contributed by atoms with E-state index in [4.69, 9.17) is 0 Å². The number of rotatable bonds is 1. The molecule has 0 bridgehead atoms. The second kappa shape index (κ2) is 2.76. The van der Waals surface area contributed by atoms with Crippen molar-refractivity contribution < 1.29 is 0 Å². The molecule has 0 spiro atoms. The van der Waals surface area contributed by atoms with Crippen LogP contribution in [-0.2, 0) is 0 Å². The fourth-order valence-corrected chi connectivity index (χ4v) is 1.99. The molecule has 0 radical (unpaired) electrons. The Bertz CT molecular complexity index is 390. The summed E-state index contributed by atoms with van der Waals surface area (Å²) in [5.74, 6) is 0. The Balaban J connectivity index is 2.64. The Hall–Kier alpha value is -0.0800. The van der Waals surface area contributed by atoms with Gasteiger partial charge in [0.05, 0.1) is 3.74 Å². The number of fused-ring (bicyclic) bond motifs is 1. The molecule has 0 fully saturated rings. The highest BCUT2D eigenvalue weighted by Gasteiger charge is 2.10. The maximum Gasteiger partial charge on any atom is 0.0952 e. The van der Waals surface area contributed by atoms with Gasteiger partial charge in [-0.05, 0) is 22.1 Å². The van der Waals surface area contributed by atoms with Gasteiger partial charge >= 0.3 is 0 Å². The van der Waals surface area contributed by atoms with Crippen LogP contribution in [0.15, 0.2) is 24.3 Å². The summed E-state index contributed by atoms with van der Waals surface area (Å²) >= 11 is 6.94. The summed E-state index contributed by atoms with van der Waals surface area (Å²) in [4.78, 5) is 0. The van der Waals surface area contributed by atoms with Crippen molar-refractivity contribution in [3.05, 3.63) is 34.7 Å². The zero-order chi connectivity index (χ0) is 7.84. The van der Waals surface area contributed by atoms with Crippen LogP contribution in [0.1, 0.15) is 0 Å². The minimum absolute atomic E-state index is 0.296. The molecule has 0 unspecified atom stereocenters. The first-order chi connectivity index (χ1) is 5.29. The lowest BCUT2D eigenvalue weighted by Gasteiger charge is -2.10. The average Bonchev–Trinajstić information content (AvgIpc) is 1.90. The number of hydrogen-bond donors (Lipinski definition) is 0. The molecule has 0 amide bonds. The number of halogens is 2. The van der Waals surface area contributed by atoms with Crippen LogP contribution in [0, 0.1) is 0 Å². The first-order valence-electron chi connectivity index (χ1n) is 3.38. The molecule has 0 N–H and O–H groups in total. The monoisotopic (exact) mass is 272 g/mol.